The summed E-state index contributed by atoms with van der Waals surface area (Å²) in [4.78, 5) is 3.93. The summed E-state index contributed by atoms with van der Waals surface area (Å²) in [5.74, 6) is 0.104. The molecule has 4 nitrogen and oxygen atoms in total. The first kappa shape index (κ1) is 11.5. The van der Waals surface area contributed by atoms with Crippen molar-refractivity contribution in [2.75, 3.05) is 13.1 Å². The molecule has 1 atom stereocenters. The highest BCUT2D eigenvalue weighted by atomic mass is 32.2. The minimum absolute atomic E-state index is 0.104. The van der Waals surface area contributed by atoms with Crippen LogP contribution in [0.25, 0.3) is 0 Å². The number of nitrogens with one attached hydrogen (secondary N) is 1. The van der Waals surface area contributed by atoms with Crippen LogP contribution in [0.3, 0.4) is 0 Å². The molecule has 1 N–H and O–H groups in total. The topological polar surface area (TPSA) is 59.1 Å². The van der Waals surface area contributed by atoms with Crippen molar-refractivity contribution in [2.24, 2.45) is 0 Å². The number of hydrogen-bond donors (Lipinski definition) is 1. The summed E-state index contributed by atoms with van der Waals surface area (Å²) in [6.07, 6.45) is 4.98. The van der Waals surface area contributed by atoms with E-state index in [0.29, 0.717) is 6.54 Å². The Bertz CT molecular complexity index is 425. The summed E-state index contributed by atoms with van der Waals surface area (Å²) < 4.78 is 24.2. The third kappa shape index (κ3) is 2.80. The van der Waals surface area contributed by atoms with Crippen LogP contribution in [-0.2, 0) is 15.6 Å². The average Bonchev–Trinajstić information content (AvgIpc) is 2.31. The van der Waals surface area contributed by atoms with Crippen molar-refractivity contribution in [3.8, 4) is 0 Å². The molecule has 1 aromatic rings. The zero-order chi connectivity index (χ0) is 11.4. The molecule has 1 fully saturated rings. The van der Waals surface area contributed by atoms with Crippen LogP contribution in [-0.4, -0.2) is 31.7 Å². The van der Waals surface area contributed by atoms with Gasteiger partial charge in [0.25, 0.3) is 0 Å². The number of hydrogen-bond acceptors (Lipinski definition) is 4. The summed E-state index contributed by atoms with van der Waals surface area (Å²) in [5.41, 5.74) is 0.771. The summed E-state index contributed by atoms with van der Waals surface area (Å²) in [6, 6.07) is 3.57. The lowest BCUT2D eigenvalue weighted by atomic mass is 10.2. The van der Waals surface area contributed by atoms with Gasteiger partial charge in [-0.1, -0.05) is 6.07 Å². The Hall–Kier alpha value is -0.940. The molecular weight excluding hydrogens is 224 g/mol. The summed E-state index contributed by atoms with van der Waals surface area (Å²) in [7, 11) is -3.04. The van der Waals surface area contributed by atoms with Crippen LogP contribution >= 0.6 is 0 Å². The molecule has 0 saturated carbocycles. The Labute approximate surface area is 96.0 Å². The fraction of sp³-hybridized carbons (Fsp3) is 0.545. The Morgan fingerprint density at radius 3 is 3.00 bits per heavy atom. The van der Waals surface area contributed by atoms with E-state index < -0.39 is 9.84 Å². The van der Waals surface area contributed by atoms with Gasteiger partial charge in [-0.05, 0) is 31.0 Å². The summed E-state index contributed by atoms with van der Waals surface area (Å²) in [5, 5.41) is 2.90. The van der Waals surface area contributed by atoms with Crippen molar-refractivity contribution in [3.63, 3.8) is 0 Å². The lowest BCUT2D eigenvalue weighted by Gasteiger charge is -2.22. The molecule has 0 aliphatic carbocycles. The van der Waals surface area contributed by atoms with Crippen molar-refractivity contribution in [1.29, 1.82) is 0 Å². The Morgan fingerprint density at radius 2 is 2.38 bits per heavy atom. The molecule has 1 unspecified atom stereocenters. The zero-order valence-electron chi connectivity index (χ0n) is 9.09. The fourth-order valence-corrected chi connectivity index (χ4v) is 3.73. The third-order valence-electron chi connectivity index (χ3n) is 2.85. The van der Waals surface area contributed by atoms with Crippen LogP contribution in [0.4, 0.5) is 0 Å². The maximum atomic E-state index is 12.1. The number of aromatic nitrogens is 1. The number of rotatable bonds is 3. The number of sulfone groups is 1. The monoisotopic (exact) mass is 240 g/mol. The molecule has 0 aromatic carbocycles. The normalized spacial score (nSPS) is 21.9. The van der Waals surface area contributed by atoms with Crippen LogP contribution in [0.15, 0.2) is 24.5 Å². The molecule has 1 saturated heterocycles. The smallest absolute Gasteiger partial charge is 0.158 e. The van der Waals surface area contributed by atoms with Gasteiger partial charge in [-0.25, -0.2) is 8.42 Å². The van der Waals surface area contributed by atoms with Gasteiger partial charge in [-0.2, -0.15) is 0 Å². The van der Waals surface area contributed by atoms with Gasteiger partial charge in [0.1, 0.15) is 0 Å². The average molecular weight is 240 g/mol. The predicted molar refractivity (Wildman–Crippen MR) is 62.8 cm³/mol. The molecule has 0 amide bonds. The molecule has 1 aromatic heterocycles. The molecule has 0 bridgehead atoms. The van der Waals surface area contributed by atoms with E-state index in [2.05, 4.69) is 10.3 Å². The van der Waals surface area contributed by atoms with Crippen molar-refractivity contribution in [2.45, 2.75) is 23.8 Å². The summed E-state index contributed by atoms with van der Waals surface area (Å²) >= 11 is 0. The molecule has 5 heteroatoms. The lowest BCUT2D eigenvalue weighted by Crippen LogP contribution is -2.39. The Balaban J connectivity index is 2.08. The lowest BCUT2D eigenvalue weighted by molar-refractivity contribution is 0.496. The van der Waals surface area contributed by atoms with E-state index in [4.69, 9.17) is 0 Å². The van der Waals surface area contributed by atoms with E-state index in [9.17, 15) is 8.42 Å². The van der Waals surface area contributed by atoms with Crippen molar-refractivity contribution < 1.29 is 8.42 Å². The molecule has 0 radical (unpaired) electrons. The molecular formula is C11H16N2O2S. The van der Waals surface area contributed by atoms with Crippen LogP contribution in [0.5, 0.6) is 0 Å². The quantitative estimate of drug-likeness (QED) is 0.847. The Morgan fingerprint density at radius 1 is 1.50 bits per heavy atom. The van der Waals surface area contributed by atoms with Gasteiger partial charge in [0.2, 0.25) is 0 Å². The second-order valence-corrected chi connectivity index (χ2v) is 6.42. The largest absolute Gasteiger partial charge is 0.315 e. The minimum Gasteiger partial charge on any atom is -0.315 e. The maximum Gasteiger partial charge on any atom is 0.158 e. The SMILES string of the molecule is O=S(=O)(Cc1cccnc1)C1CCCNC1. The Kier molecular flexibility index (Phi) is 3.56. The first-order valence-corrected chi connectivity index (χ1v) is 7.21. The van der Waals surface area contributed by atoms with E-state index in [1.165, 1.54) is 0 Å². The van der Waals surface area contributed by atoms with E-state index in [1.807, 2.05) is 0 Å². The first-order chi connectivity index (χ1) is 7.68. The van der Waals surface area contributed by atoms with Crippen molar-refractivity contribution in [3.05, 3.63) is 30.1 Å². The number of nitrogens with zero attached hydrogens (tertiary/aromatic N) is 1. The van der Waals surface area contributed by atoms with Crippen LogP contribution in [0, 0.1) is 0 Å². The summed E-state index contributed by atoms with van der Waals surface area (Å²) in [6.45, 7) is 1.52. The fourth-order valence-electron chi connectivity index (χ4n) is 1.96. The standard InChI is InChI=1S/C11H16N2O2S/c14-16(15,11-4-2-6-13-8-11)9-10-3-1-5-12-7-10/h1,3,5,7,11,13H,2,4,6,8-9H2. The van der Waals surface area contributed by atoms with Crippen LogP contribution in [0.1, 0.15) is 18.4 Å². The zero-order valence-corrected chi connectivity index (χ0v) is 9.91. The van der Waals surface area contributed by atoms with Crippen LogP contribution in [0.2, 0.25) is 0 Å². The van der Waals surface area contributed by atoms with Crippen molar-refractivity contribution >= 4 is 9.84 Å². The van der Waals surface area contributed by atoms with Gasteiger partial charge in [0, 0.05) is 18.9 Å². The maximum absolute atomic E-state index is 12.1. The van der Waals surface area contributed by atoms with Crippen molar-refractivity contribution in [1.82, 2.24) is 10.3 Å². The van der Waals surface area contributed by atoms with Gasteiger partial charge in [0.05, 0.1) is 11.0 Å². The van der Waals surface area contributed by atoms with Gasteiger partial charge >= 0.3 is 0 Å². The molecule has 88 valence electrons. The molecule has 2 heterocycles. The van der Waals surface area contributed by atoms with E-state index in [-0.39, 0.29) is 11.0 Å². The third-order valence-corrected chi connectivity index (χ3v) is 5.00. The molecule has 16 heavy (non-hydrogen) atoms. The number of piperidine rings is 1. The van der Waals surface area contributed by atoms with Crippen LogP contribution < -0.4 is 5.32 Å². The first-order valence-electron chi connectivity index (χ1n) is 5.50. The molecule has 0 spiro atoms. The van der Waals surface area contributed by atoms with Gasteiger partial charge in [0.15, 0.2) is 9.84 Å². The minimum atomic E-state index is -3.04. The van der Waals surface area contributed by atoms with Gasteiger partial charge < -0.3 is 5.32 Å². The second-order valence-electron chi connectivity index (χ2n) is 4.14. The van der Waals surface area contributed by atoms with E-state index in [1.54, 1.807) is 24.5 Å². The van der Waals surface area contributed by atoms with Gasteiger partial charge in [-0.15, -0.1) is 0 Å². The molecule has 2 rings (SSSR count). The van der Waals surface area contributed by atoms with E-state index >= 15 is 0 Å². The highest BCUT2D eigenvalue weighted by Crippen LogP contribution is 2.16. The predicted octanol–water partition coefficient (Wildman–Crippen LogP) is 0.748. The van der Waals surface area contributed by atoms with Gasteiger partial charge in [-0.3, -0.25) is 4.98 Å². The highest BCUT2D eigenvalue weighted by Gasteiger charge is 2.27. The molecule has 1 aliphatic heterocycles. The highest BCUT2D eigenvalue weighted by molar-refractivity contribution is 7.91. The van der Waals surface area contributed by atoms with E-state index in [0.717, 1.165) is 24.9 Å². The number of pyridine rings is 1. The second kappa shape index (κ2) is 4.93. The molecule has 1 aliphatic rings.